The second-order valence-corrected chi connectivity index (χ2v) is 7.73. The van der Waals surface area contributed by atoms with Gasteiger partial charge in [-0.15, -0.1) is 0 Å². The van der Waals surface area contributed by atoms with Crippen molar-refractivity contribution < 1.29 is 9.21 Å². The number of oxazole rings is 1. The van der Waals surface area contributed by atoms with Crippen LogP contribution < -0.4 is 5.76 Å². The minimum absolute atomic E-state index is 0.0966. The van der Waals surface area contributed by atoms with Gasteiger partial charge in [0.05, 0.1) is 5.52 Å². The van der Waals surface area contributed by atoms with Crippen LogP contribution in [-0.2, 0) is 17.9 Å². The molecule has 0 radical (unpaired) electrons. The molecule has 6 heteroatoms. The first-order chi connectivity index (χ1) is 14.1. The van der Waals surface area contributed by atoms with Crippen LogP contribution in [0.4, 0.5) is 0 Å². The van der Waals surface area contributed by atoms with Gasteiger partial charge in [0.1, 0.15) is 0 Å². The molecule has 1 aliphatic rings. The summed E-state index contributed by atoms with van der Waals surface area (Å²) in [6.45, 7) is 6.71. The van der Waals surface area contributed by atoms with Crippen LogP contribution in [0.1, 0.15) is 24.0 Å². The molecule has 1 fully saturated rings. The van der Waals surface area contributed by atoms with Crippen molar-refractivity contribution in [1.82, 2.24) is 14.4 Å². The Morgan fingerprint density at radius 3 is 2.62 bits per heavy atom. The number of fused-ring (bicyclic) bond motifs is 1. The number of hydrogen-bond acceptors (Lipinski definition) is 4. The zero-order valence-electron chi connectivity index (χ0n) is 16.8. The van der Waals surface area contributed by atoms with Crippen molar-refractivity contribution >= 4 is 17.0 Å². The average Bonchev–Trinajstić information content (AvgIpc) is 2.87. The molecule has 152 valence electrons. The lowest BCUT2D eigenvalue weighted by Crippen LogP contribution is -2.35. The van der Waals surface area contributed by atoms with Gasteiger partial charge >= 0.3 is 5.76 Å². The largest absolute Gasteiger partial charge is 0.419 e. The number of para-hydroxylation sites is 2. The number of benzene rings is 2. The van der Waals surface area contributed by atoms with Gasteiger partial charge in [0.2, 0.25) is 5.91 Å². The van der Waals surface area contributed by atoms with E-state index in [2.05, 4.69) is 36.1 Å². The van der Waals surface area contributed by atoms with Crippen molar-refractivity contribution in [1.29, 1.82) is 0 Å². The highest BCUT2D eigenvalue weighted by atomic mass is 16.4. The van der Waals surface area contributed by atoms with E-state index in [9.17, 15) is 9.59 Å². The van der Waals surface area contributed by atoms with Gasteiger partial charge in [-0.25, -0.2) is 4.79 Å². The van der Waals surface area contributed by atoms with Gasteiger partial charge in [0.25, 0.3) is 0 Å². The zero-order valence-corrected chi connectivity index (χ0v) is 16.8. The number of aryl methyl sites for hydroxylation is 2. The van der Waals surface area contributed by atoms with Gasteiger partial charge in [-0.1, -0.05) is 42.0 Å². The minimum atomic E-state index is -0.404. The van der Waals surface area contributed by atoms with Crippen LogP contribution in [0.2, 0.25) is 0 Å². The first-order valence-electron chi connectivity index (χ1n) is 10.2. The van der Waals surface area contributed by atoms with Crippen molar-refractivity contribution in [3.05, 3.63) is 70.2 Å². The first-order valence-corrected chi connectivity index (χ1v) is 10.2. The van der Waals surface area contributed by atoms with Gasteiger partial charge in [0.15, 0.2) is 5.58 Å². The highest BCUT2D eigenvalue weighted by Crippen LogP contribution is 2.14. The predicted molar refractivity (Wildman–Crippen MR) is 113 cm³/mol. The molecule has 4 rings (SSSR count). The van der Waals surface area contributed by atoms with Crippen molar-refractivity contribution in [2.75, 3.05) is 26.2 Å². The Morgan fingerprint density at radius 2 is 1.79 bits per heavy atom. The van der Waals surface area contributed by atoms with E-state index in [1.54, 1.807) is 10.6 Å². The van der Waals surface area contributed by atoms with E-state index in [0.29, 0.717) is 18.5 Å². The standard InChI is InChI=1S/C23H27N3O3/c1-18-7-9-19(10-8-18)17-24-12-4-13-25(16-15-24)22(27)11-14-26-20-5-2-3-6-21(20)29-23(26)28/h2-3,5-10H,4,11-17H2,1H3. The molecule has 1 saturated heterocycles. The monoisotopic (exact) mass is 393 g/mol. The Kier molecular flexibility index (Phi) is 5.81. The molecule has 0 aliphatic carbocycles. The molecule has 3 aromatic rings. The van der Waals surface area contributed by atoms with Gasteiger partial charge < -0.3 is 9.32 Å². The van der Waals surface area contributed by atoms with Crippen molar-refractivity contribution in [3.8, 4) is 0 Å². The lowest BCUT2D eigenvalue weighted by atomic mass is 10.1. The predicted octanol–water partition coefficient (Wildman–Crippen LogP) is 3.03. The molecule has 0 unspecified atom stereocenters. The third kappa shape index (κ3) is 4.59. The lowest BCUT2D eigenvalue weighted by molar-refractivity contribution is -0.131. The maximum absolute atomic E-state index is 12.8. The van der Waals surface area contributed by atoms with Crippen LogP contribution in [0.15, 0.2) is 57.7 Å². The van der Waals surface area contributed by atoms with Gasteiger partial charge in [0, 0.05) is 45.7 Å². The summed E-state index contributed by atoms with van der Waals surface area (Å²) in [7, 11) is 0. The molecule has 0 atom stereocenters. The number of carbonyl (C=O) groups excluding carboxylic acids is 1. The van der Waals surface area contributed by atoms with E-state index in [4.69, 9.17) is 4.42 Å². The van der Waals surface area contributed by atoms with E-state index < -0.39 is 5.76 Å². The molecule has 1 aromatic heterocycles. The second kappa shape index (κ2) is 8.66. The maximum atomic E-state index is 12.8. The van der Waals surface area contributed by atoms with Crippen LogP contribution in [0.25, 0.3) is 11.1 Å². The normalized spacial score (nSPS) is 15.6. The fraction of sp³-hybridized carbons (Fsp3) is 0.391. The summed E-state index contributed by atoms with van der Waals surface area (Å²) in [5.41, 5.74) is 3.88. The molecule has 6 nitrogen and oxygen atoms in total. The van der Waals surface area contributed by atoms with Crippen LogP contribution >= 0.6 is 0 Å². The molecule has 0 spiro atoms. The highest BCUT2D eigenvalue weighted by Gasteiger charge is 2.20. The molecule has 0 N–H and O–H groups in total. The Bertz CT molecular complexity index is 1040. The Hall–Kier alpha value is -2.86. The third-order valence-electron chi connectivity index (χ3n) is 5.59. The molecule has 2 heterocycles. The molecule has 1 amide bonds. The molecule has 2 aromatic carbocycles. The Morgan fingerprint density at radius 1 is 1.00 bits per heavy atom. The Labute approximate surface area is 170 Å². The molecule has 0 bridgehead atoms. The topological polar surface area (TPSA) is 58.7 Å². The number of hydrogen-bond donors (Lipinski definition) is 0. The Balaban J connectivity index is 1.33. The SMILES string of the molecule is Cc1ccc(CN2CCCN(C(=O)CCn3c(=O)oc4ccccc43)CC2)cc1. The van der Waals surface area contributed by atoms with E-state index in [1.807, 2.05) is 23.1 Å². The minimum Gasteiger partial charge on any atom is -0.408 e. The van der Waals surface area contributed by atoms with E-state index in [0.717, 1.165) is 44.7 Å². The molecule has 0 saturated carbocycles. The number of amides is 1. The lowest BCUT2D eigenvalue weighted by Gasteiger charge is -2.22. The van der Waals surface area contributed by atoms with E-state index >= 15 is 0 Å². The third-order valence-corrected chi connectivity index (χ3v) is 5.59. The summed E-state index contributed by atoms with van der Waals surface area (Å²) in [4.78, 5) is 29.2. The smallest absolute Gasteiger partial charge is 0.408 e. The van der Waals surface area contributed by atoms with Crippen LogP contribution in [-0.4, -0.2) is 46.5 Å². The number of carbonyl (C=O) groups is 1. The van der Waals surface area contributed by atoms with E-state index in [-0.39, 0.29) is 5.91 Å². The fourth-order valence-corrected chi connectivity index (χ4v) is 3.92. The quantitative estimate of drug-likeness (QED) is 0.669. The summed E-state index contributed by atoms with van der Waals surface area (Å²) < 4.78 is 6.80. The highest BCUT2D eigenvalue weighted by molar-refractivity contribution is 5.77. The zero-order chi connectivity index (χ0) is 20.2. The number of aromatic nitrogens is 1. The molecule has 29 heavy (non-hydrogen) atoms. The van der Waals surface area contributed by atoms with Crippen LogP contribution in [0, 0.1) is 6.92 Å². The van der Waals surface area contributed by atoms with E-state index in [1.165, 1.54) is 11.1 Å². The number of nitrogens with zero attached hydrogens (tertiary/aromatic N) is 3. The summed E-state index contributed by atoms with van der Waals surface area (Å²) in [6.07, 6.45) is 1.27. The van der Waals surface area contributed by atoms with Crippen molar-refractivity contribution in [2.24, 2.45) is 0 Å². The number of rotatable bonds is 5. The summed E-state index contributed by atoms with van der Waals surface area (Å²) in [5.74, 6) is -0.307. The summed E-state index contributed by atoms with van der Waals surface area (Å²) in [6, 6.07) is 16.0. The molecule has 1 aliphatic heterocycles. The van der Waals surface area contributed by atoms with Gasteiger partial charge in [-0.3, -0.25) is 14.3 Å². The van der Waals surface area contributed by atoms with Crippen LogP contribution in [0.5, 0.6) is 0 Å². The molecular formula is C23H27N3O3. The van der Waals surface area contributed by atoms with Crippen molar-refractivity contribution in [2.45, 2.75) is 32.9 Å². The van der Waals surface area contributed by atoms with Gasteiger partial charge in [-0.2, -0.15) is 0 Å². The first kappa shape index (κ1) is 19.5. The average molecular weight is 393 g/mol. The summed E-state index contributed by atoms with van der Waals surface area (Å²) >= 11 is 0. The summed E-state index contributed by atoms with van der Waals surface area (Å²) in [5, 5.41) is 0. The van der Waals surface area contributed by atoms with Crippen LogP contribution in [0.3, 0.4) is 0 Å². The van der Waals surface area contributed by atoms with Crippen molar-refractivity contribution in [3.63, 3.8) is 0 Å². The molecular weight excluding hydrogens is 366 g/mol. The van der Waals surface area contributed by atoms with Gasteiger partial charge in [-0.05, 0) is 31.0 Å². The second-order valence-electron chi connectivity index (χ2n) is 7.73. The maximum Gasteiger partial charge on any atom is 0.419 e. The fourth-order valence-electron chi connectivity index (χ4n) is 3.92.